The number of aromatic nitrogens is 1. The lowest BCUT2D eigenvalue weighted by Gasteiger charge is -2.26. The van der Waals surface area contributed by atoms with E-state index in [1.54, 1.807) is 0 Å². The Hall–Kier alpha value is -2.34. The number of ether oxygens (including phenoxy) is 1. The van der Waals surface area contributed by atoms with E-state index in [2.05, 4.69) is 34.3 Å². The topological polar surface area (TPSA) is 58.8 Å². The van der Waals surface area contributed by atoms with Gasteiger partial charge in [-0.05, 0) is 44.4 Å². The molecule has 1 aromatic carbocycles. The molecule has 2 heterocycles. The summed E-state index contributed by atoms with van der Waals surface area (Å²) in [5.41, 5.74) is 3.94. The first kappa shape index (κ1) is 19.4. The molecule has 3 rings (SSSR count). The molecule has 0 saturated carbocycles. The van der Waals surface area contributed by atoms with Gasteiger partial charge < -0.3 is 19.1 Å². The monoisotopic (exact) mass is 371 g/mol. The lowest BCUT2D eigenvalue weighted by Crippen LogP contribution is -2.38. The maximum atomic E-state index is 13.1. The van der Waals surface area contributed by atoms with E-state index in [0.717, 1.165) is 42.0 Å². The van der Waals surface area contributed by atoms with Crippen LogP contribution in [0.3, 0.4) is 0 Å². The lowest BCUT2D eigenvalue weighted by atomic mass is 10.1. The Bertz CT molecular complexity index is 742. The Kier molecular flexibility index (Phi) is 6.16. The van der Waals surface area contributed by atoms with Gasteiger partial charge in [-0.15, -0.1) is 0 Å². The smallest absolute Gasteiger partial charge is 0.227 e. The van der Waals surface area contributed by atoms with E-state index in [9.17, 15) is 4.79 Å². The van der Waals surface area contributed by atoms with Crippen molar-refractivity contribution in [3.05, 3.63) is 46.8 Å². The molecule has 0 radical (unpaired) electrons. The number of carbonyl (C=O) groups excluding carboxylic acids is 1. The largest absolute Gasteiger partial charge is 0.378 e. The molecule has 0 spiro atoms. The number of rotatable bonds is 7. The molecular formula is C21H29N3O3. The number of amides is 1. The molecule has 0 N–H and O–H groups in total. The van der Waals surface area contributed by atoms with Crippen molar-refractivity contribution < 1.29 is 14.1 Å². The maximum Gasteiger partial charge on any atom is 0.227 e. The summed E-state index contributed by atoms with van der Waals surface area (Å²) in [4.78, 5) is 17.1. The summed E-state index contributed by atoms with van der Waals surface area (Å²) in [7, 11) is 4.04. The molecule has 1 saturated heterocycles. The lowest BCUT2D eigenvalue weighted by molar-refractivity contribution is -0.132. The van der Waals surface area contributed by atoms with Crippen molar-refractivity contribution in [1.29, 1.82) is 0 Å². The van der Waals surface area contributed by atoms with E-state index in [1.165, 1.54) is 0 Å². The van der Waals surface area contributed by atoms with Crippen LogP contribution < -0.4 is 4.90 Å². The molecule has 146 valence electrons. The van der Waals surface area contributed by atoms with Gasteiger partial charge in [-0.2, -0.15) is 0 Å². The molecule has 0 aliphatic carbocycles. The van der Waals surface area contributed by atoms with Crippen LogP contribution >= 0.6 is 0 Å². The third-order valence-electron chi connectivity index (χ3n) is 5.14. The molecule has 1 atom stereocenters. The van der Waals surface area contributed by atoms with Crippen molar-refractivity contribution in [3.63, 3.8) is 0 Å². The zero-order valence-electron chi connectivity index (χ0n) is 16.7. The summed E-state index contributed by atoms with van der Waals surface area (Å²) in [6, 6.07) is 8.33. The molecule has 6 heteroatoms. The van der Waals surface area contributed by atoms with Crippen molar-refractivity contribution in [3.8, 4) is 0 Å². The summed E-state index contributed by atoms with van der Waals surface area (Å²) >= 11 is 0. The van der Waals surface area contributed by atoms with Gasteiger partial charge >= 0.3 is 0 Å². The van der Waals surface area contributed by atoms with Crippen molar-refractivity contribution in [2.45, 2.75) is 45.8 Å². The van der Waals surface area contributed by atoms with E-state index in [1.807, 2.05) is 32.8 Å². The van der Waals surface area contributed by atoms with Crippen LogP contribution in [0.5, 0.6) is 0 Å². The van der Waals surface area contributed by atoms with Crippen LogP contribution in [0.1, 0.15) is 35.4 Å². The quantitative estimate of drug-likeness (QED) is 0.748. The van der Waals surface area contributed by atoms with Gasteiger partial charge in [0.1, 0.15) is 5.76 Å². The summed E-state index contributed by atoms with van der Waals surface area (Å²) in [6.45, 7) is 5.72. The van der Waals surface area contributed by atoms with Crippen LogP contribution in [0.4, 0.5) is 5.69 Å². The second-order valence-corrected chi connectivity index (χ2v) is 7.45. The van der Waals surface area contributed by atoms with Gasteiger partial charge in [0.25, 0.3) is 0 Å². The average molecular weight is 371 g/mol. The Balaban J connectivity index is 1.74. The minimum atomic E-state index is 0.0802. The molecule has 27 heavy (non-hydrogen) atoms. The second kappa shape index (κ2) is 8.57. The summed E-state index contributed by atoms with van der Waals surface area (Å²) in [5, 5.41) is 3.97. The first-order valence-electron chi connectivity index (χ1n) is 9.51. The molecular weight excluding hydrogens is 342 g/mol. The number of benzene rings is 1. The second-order valence-electron chi connectivity index (χ2n) is 7.45. The Morgan fingerprint density at radius 1 is 1.22 bits per heavy atom. The van der Waals surface area contributed by atoms with Crippen LogP contribution in [0.2, 0.25) is 0 Å². The number of nitrogens with zero attached hydrogens (tertiary/aromatic N) is 3. The summed E-state index contributed by atoms with van der Waals surface area (Å²) in [5.74, 6) is 0.796. The molecule has 1 aromatic heterocycles. The number of hydrogen-bond donors (Lipinski definition) is 0. The van der Waals surface area contributed by atoms with E-state index in [4.69, 9.17) is 9.26 Å². The van der Waals surface area contributed by atoms with E-state index in [0.29, 0.717) is 25.3 Å². The number of carbonyl (C=O) groups is 1. The van der Waals surface area contributed by atoms with E-state index >= 15 is 0 Å². The summed E-state index contributed by atoms with van der Waals surface area (Å²) < 4.78 is 11.0. The zero-order chi connectivity index (χ0) is 19.4. The molecule has 6 nitrogen and oxygen atoms in total. The fraction of sp³-hybridized carbons (Fsp3) is 0.524. The highest BCUT2D eigenvalue weighted by atomic mass is 16.5. The number of aryl methyl sites for hydroxylation is 2. The van der Waals surface area contributed by atoms with Gasteiger partial charge in [-0.3, -0.25) is 4.79 Å². The Morgan fingerprint density at radius 2 is 1.96 bits per heavy atom. The minimum absolute atomic E-state index is 0.0802. The predicted molar refractivity (Wildman–Crippen MR) is 105 cm³/mol. The van der Waals surface area contributed by atoms with Gasteiger partial charge in [0.2, 0.25) is 5.91 Å². The molecule has 2 aromatic rings. The van der Waals surface area contributed by atoms with Crippen LogP contribution in [-0.2, 0) is 22.5 Å². The number of anilines is 1. The third kappa shape index (κ3) is 4.89. The van der Waals surface area contributed by atoms with Gasteiger partial charge in [0.05, 0.1) is 18.2 Å². The van der Waals surface area contributed by atoms with Gasteiger partial charge in [0, 0.05) is 45.0 Å². The normalized spacial score (nSPS) is 16.5. The van der Waals surface area contributed by atoms with Gasteiger partial charge in [0.15, 0.2) is 0 Å². The fourth-order valence-electron chi connectivity index (χ4n) is 3.43. The molecule has 0 bridgehead atoms. The fourth-order valence-corrected chi connectivity index (χ4v) is 3.43. The van der Waals surface area contributed by atoms with Crippen molar-refractivity contribution in [1.82, 2.24) is 10.1 Å². The summed E-state index contributed by atoms with van der Waals surface area (Å²) in [6.07, 6.45) is 2.51. The van der Waals surface area contributed by atoms with Crippen LogP contribution in [-0.4, -0.2) is 49.3 Å². The van der Waals surface area contributed by atoms with Crippen LogP contribution in [0, 0.1) is 13.8 Å². The highest BCUT2D eigenvalue weighted by molar-refractivity contribution is 5.79. The number of hydrogen-bond acceptors (Lipinski definition) is 5. The first-order valence-corrected chi connectivity index (χ1v) is 9.51. The van der Waals surface area contributed by atoms with E-state index < -0.39 is 0 Å². The molecule has 1 unspecified atom stereocenters. The van der Waals surface area contributed by atoms with Crippen molar-refractivity contribution in [2.24, 2.45) is 0 Å². The maximum absolute atomic E-state index is 13.1. The molecule has 1 fully saturated rings. The van der Waals surface area contributed by atoms with Crippen molar-refractivity contribution >= 4 is 11.6 Å². The highest BCUT2D eigenvalue weighted by Crippen LogP contribution is 2.20. The SMILES string of the molecule is Cc1noc(C)c1CC(=O)N(Cc1ccc(N(C)C)cc1)CC1CCCO1. The van der Waals surface area contributed by atoms with Gasteiger partial charge in [-0.1, -0.05) is 17.3 Å². The Morgan fingerprint density at radius 3 is 2.52 bits per heavy atom. The molecule has 1 amide bonds. The standard InChI is InChI=1S/C21H29N3O3/c1-15-20(16(2)27-22-15)12-21(25)24(14-19-6-5-11-26-19)13-17-7-9-18(10-8-17)23(3)4/h7-10,19H,5-6,11-14H2,1-4H3. The van der Waals surface area contributed by atoms with Crippen LogP contribution in [0.25, 0.3) is 0 Å². The highest BCUT2D eigenvalue weighted by Gasteiger charge is 2.24. The van der Waals surface area contributed by atoms with Crippen molar-refractivity contribution in [2.75, 3.05) is 32.1 Å². The first-order chi connectivity index (χ1) is 12.9. The van der Waals surface area contributed by atoms with Crippen LogP contribution in [0.15, 0.2) is 28.8 Å². The van der Waals surface area contributed by atoms with E-state index in [-0.39, 0.29) is 12.0 Å². The molecule has 1 aliphatic rings. The van der Waals surface area contributed by atoms with Gasteiger partial charge in [-0.25, -0.2) is 0 Å². The molecule has 1 aliphatic heterocycles. The minimum Gasteiger partial charge on any atom is -0.378 e. The average Bonchev–Trinajstić information content (AvgIpc) is 3.26. The predicted octanol–water partition coefficient (Wildman–Crippen LogP) is 3.11. The Labute approximate surface area is 161 Å². The zero-order valence-corrected chi connectivity index (χ0v) is 16.7. The third-order valence-corrected chi connectivity index (χ3v) is 5.14.